The number of carboxylic acids is 1. The molecule has 0 bridgehead atoms. The van der Waals surface area contributed by atoms with Crippen LogP contribution in [-0.4, -0.2) is 11.1 Å². The van der Waals surface area contributed by atoms with Crippen LogP contribution in [0.2, 0.25) is 5.02 Å². The summed E-state index contributed by atoms with van der Waals surface area (Å²) in [4.78, 5) is 10.9. The summed E-state index contributed by atoms with van der Waals surface area (Å²) in [5.74, 6) is -1.29. The molecule has 0 radical (unpaired) electrons. The van der Waals surface area contributed by atoms with Crippen LogP contribution in [0.25, 0.3) is 0 Å². The minimum atomic E-state index is -1.15. The second-order valence-corrected chi connectivity index (χ2v) is 4.11. The highest BCUT2D eigenvalue weighted by Gasteiger charge is 2.13. The molecule has 2 aromatic rings. The Labute approximate surface area is 113 Å². The lowest BCUT2D eigenvalue weighted by Gasteiger charge is -2.10. The number of para-hydroxylation sites is 1. The fourth-order valence-electron chi connectivity index (χ4n) is 1.49. The van der Waals surface area contributed by atoms with Gasteiger partial charge in [0.25, 0.3) is 0 Å². The number of nitrogen functional groups attached to an aromatic ring is 1. The highest BCUT2D eigenvalue weighted by atomic mass is 35.5. The van der Waals surface area contributed by atoms with Crippen molar-refractivity contribution in [3.8, 4) is 11.5 Å². The molecule has 0 saturated carbocycles. The van der Waals surface area contributed by atoms with Gasteiger partial charge in [0.05, 0.1) is 16.3 Å². The first-order valence-electron chi connectivity index (χ1n) is 5.23. The number of carbonyl (C=O) groups is 1. The fourth-order valence-corrected chi connectivity index (χ4v) is 1.66. The Morgan fingerprint density at radius 2 is 2.05 bits per heavy atom. The second-order valence-electron chi connectivity index (χ2n) is 3.70. The molecule has 0 spiro atoms. The van der Waals surface area contributed by atoms with Gasteiger partial charge in [-0.3, -0.25) is 0 Å². The summed E-state index contributed by atoms with van der Waals surface area (Å²) in [6.07, 6.45) is 0. The van der Waals surface area contributed by atoms with Crippen LogP contribution >= 0.6 is 11.6 Å². The van der Waals surface area contributed by atoms with Gasteiger partial charge in [-0.25, -0.2) is 9.18 Å². The largest absolute Gasteiger partial charge is 0.478 e. The zero-order chi connectivity index (χ0) is 14.0. The summed E-state index contributed by atoms with van der Waals surface area (Å²) in [6, 6.07) is 8.17. The first-order valence-corrected chi connectivity index (χ1v) is 5.61. The van der Waals surface area contributed by atoms with E-state index in [1.165, 1.54) is 30.3 Å². The fraction of sp³-hybridized carbons (Fsp3) is 0. The Kier molecular flexibility index (Phi) is 3.57. The minimum absolute atomic E-state index is 0.00422. The van der Waals surface area contributed by atoms with Gasteiger partial charge >= 0.3 is 5.97 Å². The molecule has 0 heterocycles. The van der Waals surface area contributed by atoms with Gasteiger partial charge < -0.3 is 15.6 Å². The van der Waals surface area contributed by atoms with E-state index in [2.05, 4.69) is 0 Å². The average Bonchev–Trinajstić information content (AvgIpc) is 2.36. The van der Waals surface area contributed by atoms with E-state index < -0.39 is 11.8 Å². The molecule has 2 aromatic carbocycles. The number of aromatic carboxylic acids is 1. The maximum atomic E-state index is 13.0. The number of ether oxygens (including phenoxy) is 1. The van der Waals surface area contributed by atoms with Gasteiger partial charge in [-0.05, 0) is 24.3 Å². The van der Waals surface area contributed by atoms with Gasteiger partial charge in [-0.1, -0.05) is 17.7 Å². The van der Waals surface area contributed by atoms with Crippen molar-refractivity contribution in [1.82, 2.24) is 0 Å². The molecule has 6 heteroatoms. The van der Waals surface area contributed by atoms with E-state index in [1.54, 1.807) is 0 Å². The second kappa shape index (κ2) is 5.16. The summed E-state index contributed by atoms with van der Waals surface area (Å²) in [5, 5.41) is 8.84. The van der Waals surface area contributed by atoms with Crippen LogP contribution in [0.15, 0.2) is 36.4 Å². The van der Waals surface area contributed by atoms with Gasteiger partial charge in [0.15, 0.2) is 5.75 Å². The Hall–Kier alpha value is -2.27. The molecular formula is C13H9ClFNO3. The van der Waals surface area contributed by atoms with Crippen molar-refractivity contribution in [1.29, 1.82) is 0 Å². The van der Waals surface area contributed by atoms with Gasteiger partial charge in [0, 0.05) is 6.07 Å². The third kappa shape index (κ3) is 2.77. The number of anilines is 1. The van der Waals surface area contributed by atoms with Gasteiger partial charge in [0.2, 0.25) is 0 Å². The van der Waals surface area contributed by atoms with Crippen molar-refractivity contribution < 1.29 is 19.0 Å². The first kappa shape index (κ1) is 13.2. The Bertz CT molecular complexity index is 646. The van der Waals surface area contributed by atoms with Crippen LogP contribution < -0.4 is 10.5 Å². The first-order chi connectivity index (χ1) is 8.99. The van der Waals surface area contributed by atoms with Crippen LogP contribution in [-0.2, 0) is 0 Å². The lowest BCUT2D eigenvalue weighted by molar-refractivity contribution is 0.0697. The third-order valence-corrected chi connectivity index (χ3v) is 2.71. The minimum Gasteiger partial charge on any atom is -0.478 e. The van der Waals surface area contributed by atoms with E-state index in [1.807, 2.05) is 0 Å². The van der Waals surface area contributed by atoms with Crippen molar-refractivity contribution in [2.24, 2.45) is 0 Å². The third-order valence-electron chi connectivity index (χ3n) is 2.42. The molecule has 98 valence electrons. The van der Waals surface area contributed by atoms with Crippen LogP contribution in [0.4, 0.5) is 10.1 Å². The molecule has 0 fully saturated rings. The van der Waals surface area contributed by atoms with E-state index in [0.29, 0.717) is 0 Å². The van der Waals surface area contributed by atoms with Crippen LogP contribution in [0.5, 0.6) is 11.5 Å². The van der Waals surface area contributed by atoms with Crippen LogP contribution in [0, 0.1) is 5.82 Å². The average molecular weight is 282 g/mol. The van der Waals surface area contributed by atoms with Crippen molar-refractivity contribution >= 4 is 23.3 Å². The summed E-state index contributed by atoms with van der Waals surface area (Å²) in [6.45, 7) is 0. The van der Waals surface area contributed by atoms with E-state index in [4.69, 9.17) is 27.2 Å². The summed E-state index contributed by atoms with van der Waals surface area (Å²) in [7, 11) is 0. The summed E-state index contributed by atoms with van der Waals surface area (Å²) >= 11 is 5.62. The zero-order valence-electron chi connectivity index (χ0n) is 9.56. The molecule has 0 saturated heterocycles. The van der Waals surface area contributed by atoms with Crippen molar-refractivity contribution in [2.75, 3.05) is 5.73 Å². The molecule has 0 aliphatic rings. The lowest BCUT2D eigenvalue weighted by Crippen LogP contribution is -2.03. The molecular weight excluding hydrogens is 273 g/mol. The number of carboxylic acid groups (broad SMARTS) is 1. The maximum Gasteiger partial charge on any atom is 0.337 e. The molecule has 0 amide bonds. The van der Waals surface area contributed by atoms with Crippen LogP contribution in [0.3, 0.4) is 0 Å². The smallest absolute Gasteiger partial charge is 0.337 e. The van der Waals surface area contributed by atoms with Gasteiger partial charge in [-0.15, -0.1) is 0 Å². The normalized spacial score (nSPS) is 10.2. The quantitative estimate of drug-likeness (QED) is 0.844. The van der Waals surface area contributed by atoms with E-state index in [-0.39, 0.29) is 27.8 Å². The Morgan fingerprint density at radius 1 is 1.32 bits per heavy atom. The monoisotopic (exact) mass is 281 g/mol. The maximum absolute atomic E-state index is 13.0. The highest BCUT2D eigenvalue weighted by Crippen LogP contribution is 2.31. The van der Waals surface area contributed by atoms with E-state index >= 15 is 0 Å². The standard InChI is InChI=1S/C13H9ClFNO3/c14-9-6-7(4-5-10(9)15)19-11-3-1-2-8(12(11)16)13(17)18/h1-6H,16H2,(H,17,18). The van der Waals surface area contributed by atoms with E-state index in [9.17, 15) is 9.18 Å². The Morgan fingerprint density at radius 3 is 2.68 bits per heavy atom. The topological polar surface area (TPSA) is 72.5 Å². The molecule has 0 aromatic heterocycles. The molecule has 0 atom stereocenters. The molecule has 4 nitrogen and oxygen atoms in total. The molecule has 0 unspecified atom stereocenters. The zero-order valence-corrected chi connectivity index (χ0v) is 10.3. The van der Waals surface area contributed by atoms with Crippen LogP contribution in [0.1, 0.15) is 10.4 Å². The molecule has 19 heavy (non-hydrogen) atoms. The molecule has 0 aliphatic carbocycles. The number of hydrogen-bond acceptors (Lipinski definition) is 3. The summed E-state index contributed by atoms with van der Waals surface area (Å²) < 4.78 is 18.4. The SMILES string of the molecule is Nc1c(Oc2ccc(F)c(Cl)c2)cccc1C(=O)O. The number of nitrogens with two attached hydrogens (primary N) is 1. The van der Waals surface area contributed by atoms with Crippen molar-refractivity contribution in [2.45, 2.75) is 0 Å². The number of halogens is 2. The van der Waals surface area contributed by atoms with Gasteiger partial charge in [0.1, 0.15) is 11.6 Å². The molecule has 3 N–H and O–H groups in total. The predicted molar refractivity (Wildman–Crippen MR) is 69.3 cm³/mol. The van der Waals surface area contributed by atoms with Gasteiger partial charge in [-0.2, -0.15) is 0 Å². The molecule has 2 rings (SSSR count). The summed E-state index contributed by atoms with van der Waals surface area (Å²) in [5.41, 5.74) is 5.62. The number of hydrogen-bond donors (Lipinski definition) is 2. The lowest BCUT2D eigenvalue weighted by atomic mass is 10.1. The Balaban J connectivity index is 2.35. The predicted octanol–water partition coefficient (Wildman–Crippen LogP) is 3.55. The van der Waals surface area contributed by atoms with Crippen molar-refractivity contribution in [3.05, 3.63) is 52.8 Å². The number of rotatable bonds is 3. The van der Waals surface area contributed by atoms with Crippen molar-refractivity contribution in [3.63, 3.8) is 0 Å². The molecule has 0 aliphatic heterocycles. The number of benzene rings is 2. The highest BCUT2D eigenvalue weighted by molar-refractivity contribution is 6.30. The van der Waals surface area contributed by atoms with E-state index in [0.717, 1.165) is 6.07 Å².